The van der Waals surface area contributed by atoms with E-state index in [0.717, 1.165) is 23.0 Å². The summed E-state index contributed by atoms with van der Waals surface area (Å²) < 4.78 is 1.01. The number of carbonyl (C=O) groups excluding carboxylic acids is 1. The van der Waals surface area contributed by atoms with Gasteiger partial charge in [0, 0.05) is 16.2 Å². The Bertz CT molecular complexity index is 625. The van der Waals surface area contributed by atoms with Crippen LogP contribution >= 0.6 is 15.9 Å². The van der Waals surface area contributed by atoms with E-state index in [1.165, 1.54) is 0 Å². The van der Waals surface area contributed by atoms with Crippen molar-refractivity contribution in [2.45, 2.75) is 18.9 Å². The highest BCUT2D eigenvalue weighted by molar-refractivity contribution is 9.10. The van der Waals surface area contributed by atoms with Gasteiger partial charge in [0.25, 0.3) is 0 Å². The molecule has 0 radical (unpaired) electrons. The fraction of sp³-hybridized carbons (Fsp3) is 0.214. The molecule has 1 aromatic heterocycles. The predicted octanol–water partition coefficient (Wildman–Crippen LogP) is 3.27. The SMILES string of the molecule is O=C(Nc1ccc(Nc2ccc(Br)cc2)nn1)NC1CC1. The smallest absolute Gasteiger partial charge is 0.320 e. The number of amides is 2. The van der Waals surface area contributed by atoms with E-state index in [1.54, 1.807) is 12.1 Å². The Kier molecular flexibility index (Phi) is 4.01. The molecule has 2 aromatic rings. The van der Waals surface area contributed by atoms with Gasteiger partial charge in [-0.1, -0.05) is 15.9 Å². The summed E-state index contributed by atoms with van der Waals surface area (Å²) in [6.07, 6.45) is 2.10. The monoisotopic (exact) mass is 347 g/mol. The molecule has 3 rings (SSSR count). The van der Waals surface area contributed by atoms with Gasteiger partial charge in [0.05, 0.1) is 0 Å². The van der Waals surface area contributed by atoms with E-state index in [0.29, 0.717) is 17.7 Å². The minimum Gasteiger partial charge on any atom is -0.339 e. The lowest BCUT2D eigenvalue weighted by molar-refractivity contribution is 0.251. The van der Waals surface area contributed by atoms with Crippen molar-refractivity contribution in [3.8, 4) is 0 Å². The van der Waals surface area contributed by atoms with Gasteiger partial charge < -0.3 is 10.6 Å². The van der Waals surface area contributed by atoms with Crippen molar-refractivity contribution in [1.82, 2.24) is 15.5 Å². The molecule has 3 N–H and O–H groups in total. The minimum atomic E-state index is -0.236. The van der Waals surface area contributed by atoms with Gasteiger partial charge in [0.1, 0.15) is 0 Å². The molecule has 2 amide bonds. The van der Waals surface area contributed by atoms with Crippen LogP contribution in [0.5, 0.6) is 0 Å². The van der Waals surface area contributed by atoms with Crippen LogP contribution in [0.15, 0.2) is 40.9 Å². The predicted molar refractivity (Wildman–Crippen MR) is 84.6 cm³/mol. The molecule has 0 spiro atoms. The summed E-state index contributed by atoms with van der Waals surface area (Å²) in [6.45, 7) is 0. The fourth-order valence-corrected chi connectivity index (χ4v) is 1.98. The summed E-state index contributed by atoms with van der Waals surface area (Å²) in [7, 11) is 0. The largest absolute Gasteiger partial charge is 0.339 e. The number of carbonyl (C=O) groups is 1. The zero-order valence-electron chi connectivity index (χ0n) is 11.1. The second-order valence-corrected chi connectivity index (χ2v) is 5.72. The van der Waals surface area contributed by atoms with Crippen molar-refractivity contribution in [2.24, 2.45) is 0 Å². The lowest BCUT2D eigenvalue weighted by Crippen LogP contribution is -2.30. The Morgan fingerprint density at radius 1 is 1.05 bits per heavy atom. The fourth-order valence-electron chi connectivity index (χ4n) is 1.71. The summed E-state index contributed by atoms with van der Waals surface area (Å²) >= 11 is 3.38. The van der Waals surface area contributed by atoms with Crippen LogP contribution in [-0.2, 0) is 0 Å². The van der Waals surface area contributed by atoms with Crippen LogP contribution in [-0.4, -0.2) is 22.3 Å². The number of halogens is 1. The molecule has 0 atom stereocenters. The topological polar surface area (TPSA) is 78.9 Å². The third-order valence-electron chi connectivity index (χ3n) is 2.94. The van der Waals surface area contributed by atoms with Gasteiger partial charge in [-0.05, 0) is 49.2 Å². The van der Waals surface area contributed by atoms with Crippen molar-refractivity contribution in [3.05, 3.63) is 40.9 Å². The molecule has 21 heavy (non-hydrogen) atoms. The quantitative estimate of drug-likeness (QED) is 0.792. The molecule has 1 aliphatic rings. The van der Waals surface area contributed by atoms with Crippen molar-refractivity contribution in [2.75, 3.05) is 10.6 Å². The second kappa shape index (κ2) is 6.09. The maximum absolute atomic E-state index is 11.6. The van der Waals surface area contributed by atoms with E-state index in [1.807, 2.05) is 24.3 Å². The van der Waals surface area contributed by atoms with Crippen LogP contribution in [0.4, 0.5) is 22.1 Å². The Hall–Kier alpha value is -2.15. The third kappa shape index (κ3) is 4.16. The second-order valence-electron chi connectivity index (χ2n) is 4.81. The van der Waals surface area contributed by atoms with Crippen molar-refractivity contribution < 1.29 is 4.79 Å². The summed E-state index contributed by atoms with van der Waals surface area (Å²) in [5.41, 5.74) is 0.916. The standard InChI is InChI=1S/C14H14BrN5O/c15-9-1-3-10(4-2-9)16-12-7-8-13(20-19-12)18-14(21)17-11-5-6-11/h1-4,7-8,11H,5-6H2,(H,16,19)(H2,17,18,20,21). The first-order chi connectivity index (χ1) is 10.2. The number of aromatic nitrogens is 2. The van der Waals surface area contributed by atoms with Gasteiger partial charge in [0.2, 0.25) is 0 Å². The average Bonchev–Trinajstić information content (AvgIpc) is 3.27. The van der Waals surface area contributed by atoms with Gasteiger partial charge in [0.15, 0.2) is 11.6 Å². The number of hydrogen-bond donors (Lipinski definition) is 3. The molecule has 1 aromatic carbocycles. The molecule has 0 aliphatic heterocycles. The Morgan fingerprint density at radius 3 is 2.33 bits per heavy atom. The first-order valence-electron chi connectivity index (χ1n) is 6.63. The normalized spacial score (nSPS) is 13.6. The number of nitrogens with zero attached hydrogens (tertiary/aromatic N) is 2. The summed E-state index contributed by atoms with van der Waals surface area (Å²) in [5, 5.41) is 16.6. The van der Waals surface area contributed by atoms with Crippen molar-refractivity contribution in [3.63, 3.8) is 0 Å². The highest BCUT2D eigenvalue weighted by atomic mass is 79.9. The molecular weight excluding hydrogens is 334 g/mol. The number of hydrogen-bond acceptors (Lipinski definition) is 4. The molecule has 6 nitrogen and oxygen atoms in total. The zero-order chi connectivity index (χ0) is 14.7. The van der Waals surface area contributed by atoms with E-state index in [4.69, 9.17) is 0 Å². The van der Waals surface area contributed by atoms with Crippen LogP contribution < -0.4 is 16.0 Å². The Morgan fingerprint density at radius 2 is 1.71 bits per heavy atom. The van der Waals surface area contributed by atoms with Crippen molar-refractivity contribution >= 4 is 39.3 Å². The molecular formula is C14H14BrN5O. The van der Waals surface area contributed by atoms with E-state index < -0.39 is 0 Å². The van der Waals surface area contributed by atoms with Gasteiger partial charge in [-0.25, -0.2) is 4.79 Å². The lowest BCUT2D eigenvalue weighted by atomic mass is 10.3. The number of anilines is 3. The number of benzene rings is 1. The molecule has 0 bridgehead atoms. The number of nitrogens with one attached hydrogen (secondary N) is 3. The highest BCUT2D eigenvalue weighted by Gasteiger charge is 2.23. The molecule has 1 aliphatic carbocycles. The van der Waals surface area contributed by atoms with Crippen molar-refractivity contribution in [1.29, 1.82) is 0 Å². The maximum atomic E-state index is 11.6. The first-order valence-corrected chi connectivity index (χ1v) is 7.42. The molecule has 7 heteroatoms. The van der Waals surface area contributed by atoms with Crippen LogP contribution in [0.2, 0.25) is 0 Å². The number of urea groups is 1. The molecule has 1 heterocycles. The van der Waals surface area contributed by atoms with E-state index >= 15 is 0 Å². The average molecular weight is 348 g/mol. The van der Waals surface area contributed by atoms with Crippen LogP contribution in [0.1, 0.15) is 12.8 Å². The Balaban J connectivity index is 1.58. The maximum Gasteiger partial charge on any atom is 0.320 e. The minimum absolute atomic E-state index is 0.236. The van der Waals surface area contributed by atoms with E-state index in [2.05, 4.69) is 42.1 Å². The lowest BCUT2D eigenvalue weighted by Gasteiger charge is -2.07. The van der Waals surface area contributed by atoms with Gasteiger partial charge in [-0.15, -0.1) is 10.2 Å². The van der Waals surface area contributed by atoms with Crippen LogP contribution in [0, 0.1) is 0 Å². The van der Waals surface area contributed by atoms with Gasteiger partial charge in [-0.2, -0.15) is 0 Å². The summed E-state index contributed by atoms with van der Waals surface area (Å²) in [4.78, 5) is 11.6. The Labute approximate surface area is 130 Å². The zero-order valence-corrected chi connectivity index (χ0v) is 12.7. The molecule has 0 saturated heterocycles. The summed E-state index contributed by atoms with van der Waals surface area (Å²) in [5.74, 6) is 1.04. The highest BCUT2D eigenvalue weighted by Crippen LogP contribution is 2.19. The van der Waals surface area contributed by atoms with Gasteiger partial charge >= 0.3 is 6.03 Å². The van der Waals surface area contributed by atoms with Crippen LogP contribution in [0.3, 0.4) is 0 Å². The number of rotatable bonds is 4. The van der Waals surface area contributed by atoms with E-state index in [-0.39, 0.29) is 6.03 Å². The van der Waals surface area contributed by atoms with E-state index in [9.17, 15) is 4.79 Å². The summed E-state index contributed by atoms with van der Waals surface area (Å²) in [6, 6.07) is 11.3. The molecule has 0 unspecified atom stereocenters. The van der Waals surface area contributed by atoms with Crippen LogP contribution in [0.25, 0.3) is 0 Å². The van der Waals surface area contributed by atoms with Gasteiger partial charge in [-0.3, -0.25) is 5.32 Å². The first kappa shape index (κ1) is 13.8. The molecule has 108 valence electrons. The third-order valence-corrected chi connectivity index (χ3v) is 3.46. The molecule has 1 saturated carbocycles. The molecule has 1 fully saturated rings.